The minimum atomic E-state index is -0.431. The molecule has 3 atom stereocenters. The lowest BCUT2D eigenvalue weighted by Gasteiger charge is -2.21. The maximum Gasteiger partial charge on any atom is 0.293 e. The smallest absolute Gasteiger partial charge is 0.293 e. The highest BCUT2D eigenvalue weighted by molar-refractivity contribution is 6.05. The number of carbonyl (C=O) groups is 1. The van der Waals surface area contributed by atoms with Crippen LogP contribution in [0.5, 0.6) is 0 Å². The van der Waals surface area contributed by atoms with Crippen LogP contribution in [-0.4, -0.2) is 10.8 Å². The molecule has 5 heteroatoms. The zero-order chi connectivity index (χ0) is 13.6. The Morgan fingerprint density at radius 1 is 1.37 bits per heavy atom. The van der Waals surface area contributed by atoms with Crippen molar-refractivity contribution in [3.05, 3.63) is 33.9 Å². The fraction of sp³-hybridized carbons (Fsp3) is 0.500. The number of nitro benzene ring substituents is 1. The number of carbonyl (C=O) groups excluding carboxylic acids is 1. The van der Waals surface area contributed by atoms with Gasteiger partial charge in [0, 0.05) is 6.07 Å². The van der Waals surface area contributed by atoms with E-state index in [-0.39, 0.29) is 17.5 Å². The van der Waals surface area contributed by atoms with Crippen LogP contribution in [-0.2, 0) is 4.79 Å². The Balaban J connectivity index is 2.05. The van der Waals surface area contributed by atoms with E-state index < -0.39 is 4.92 Å². The molecule has 5 nitrogen and oxygen atoms in total. The molecular formula is C14H16N2O3. The Labute approximate surface area is 111 Å². The molecule has 1 heterocycles. The van der Waals surface area contributed by atoms with Crippen LogP contribution in [0, 0.1) is 22.0 Å². The molecule has 0 bridgehead atoms. The molecular weight excluding hydrogens is 244 g/mol. The number of amides is 1. The van der Waals surface area contributed by atoms with Crippen molar-refractivity contribution in [2.24, 2.45) is 11.8 Å². The van der Waals surface area contributed by atoms with Gasteiger partial charge in [0.1, 0.15) is 5.69 Å². The Morgan fingerprint density at radius 3 is 2.79 bits per heavy atom. The molecule has 2 aliphatic rings. The molecule has 1 aliphatic carbocycles. The average Bonchev–Trinajstić information content (AvgIpc) is 2.90. The molecule has 0 radical (unpaired) electrons. The number of fused-ring (bicyclic) bond motifs is 1. The van der Waals surface area contributed by atoms with Gasteiger partial charge in [0.05, 0.1) is 10.8 Å². The molecule has 0 spiro atoms. The average molecular weight is 260 g/mol. The minimum absolute atomic E-state index is 0.000926. The van der Waals surface area contributed by atoms with Gasteiger partial charge in [-0.25, -0.2) is 0 Å². The molecule has 100 valence electrons. The number of benzene rings is 1. The first-order chi connectivity index (χ1) is 9.09. The topological polar surface area (TPSA) is 72.2 Å². The van der Waals surface area contributed by atoms with E-state index in [9.17, 15) is 14.9 Å². The maximum absolute atomic E-state index is 12.2. The normalized spacial score (nSPS) is 29.1. The summed E-state index contributed by atoms with van der Waals surface area (Å²) in [7, 11) is 0. The molecule has 0 saturated heterocycles. The third-order valence-corrected chi connectivity index (χ3v) is 4.49. The summed E-state index contributed by atoms with van der Waals surface area (Å²) >= 11 is 0. The Morgan fingerprint density at radius 2 is 2.16 bits per heavy atom. The van der Waals surface area contributed by atoms with Crippen molar-refractivity contribution in [2.75, 3.05) is 5.32 Å². The summed E-state index contributed by atoms with van der Waals surface area (Å²) in [5.74, 6) is 0.514. The first-order valence-electron chi connectivity index (χ1n) is 6.67. The van der Waals surface area contributed by atoms with Gasteiger partial charge in [-0.1, -0.05) is 31.9 Å². The summed E-state index contributed by atoms with van der Waals surface area (Å²) in [6.45, 7) is 2.17. The molecule has 0 aromatic heterocycles. The second kappa shape index (κ2) is 4.33. The van der Waals surface area contributed by atoms with E-state index >= 15 is 0 Å². The second-order valence-corrected chi connectivity index (χ2v) is 5.54. The third kappa shape index (κ3) is 1.80. The molecule has 3 unspecified atom stereocenters. The fourth-order valence-electron chi connectivity index (χ4n) is 3.54. The van der Waals surface area contributed by atoms with E-state index in [0.717, 1.165) is 24.8 Å². The highest BCUT2D eigenvalue weighted by atomic mass is 16.6. The molecule has 1 aromatic carbocycles. The summed E-state index contributed by atoms with van der Waals surface area (Å²) in [5, 5.41) is 13.7. The molecule has 1 amide bonds. The Kier molecular flexibility index (Phi) is 2.77. The summed E-state index contributed by atoms with van der Waals surface area (Å²) in [6.07, 6.45) is 3.31. The summed E-state index contributed by atoms with van der Waals surface area (Å²) in [6, 6.07) is 4.96. The molecule has 1 fully saturated rings. The molecule has 1 aliphatic heterocycles. The van der Waals surface area contributed by atoms with E-state index in [1.54, 1.807) is 6.07 Å². The molecule has 1 N–H and O–H groups in total. The fourth-order valence-corrected chi connectivity index (χ4v) is 3.54. The first-order valence-corrected chi connectivity index (χ1v) is 6.67. The van der Waals surface area contributed by atoms with Gasteiger partial charge < -0.3 is 5.32 Å². The van der Waals surface area contributed by atoms with Crippen molar-refractivity contribution in [1.82, 2.24) is 0 Å². The summed E-state index contributed by atoms with van der Waals surface area (Å²) < 4.78 is 0. The Hall–Kier alpha value is -1.91. The second-order valence-electron chi connectivity index (χ2n) is 5.54. The van der Waals surface area contributed by atoms with Gasteiger partial charge in [0.25, 0.3) is 5.69 Å². The zero-order valence-electron chi connectivity index (χ0n) is 10.8. The van der Waals surface area contributed by atoms with Gasteiger partial charge in [-0.15, -0.1) is 0 Å². The van der Waals surface area contributed by atoms with E-state index in [1.165, 1.54) is 6.07 Å². The lowest BCUT2D eigenvalue weighted by molar-refractivity contribution is -0.383. The van der Waals surface area contributed by atoms with Crippen molar-refractivity contribution in [1.29, 1.82) is 0 Å². The summed E-state index contributed by atoms with van der Waals surface area (Å²) in [4.78, 5) is 22.8. The van der Waals surface area contributed by atoms with Crippen LogP contribution >= 0.6 is 0 Å². The van der Waals surface area contributed by atoms with E-state index in [2.05, 4.69) is 12.2 Å². The number of anilines is 1. The third-order valence-electron chi connectivity index (χ3n) is 4.49. The summed E-state index contributed by atoms with van der Waals surface area (Å²) in [5.41, 5.74) is 1.21. The van der Waals surface area contributed by atoms with Crippen LogP contribution in [0.4, 0.5) is 11.4 Å². The van der Waals surface area contributed by atoms with Gasteiger partial charge in [0.15, 0.2) is 0 Å². The van der Waals surface area contributed by atoms with Crippen LogP contribution in [0.25, 0.3) is 0 Å². The lowest BCUT2D eigenvalue weighted by atomic mass is 9.81. The van der Waals surface area contributed by atoms with Crippen LogP contribution < -0.4 is 5.32 Å². The van der Waals surface area contributed by atoms with Crippen LogP contribution in [0.3, 0.4) is 0 Å². The molecule has 19 heavy (non-hydrogen) atoms. The van der Waals surface area contributed by atoms with Gasteiger partial charge in [-0.3, -0.25) is 14.9 Å². The number of hydrogen-bond donors (Lipinski definition) is 1. The van der Waals surface area contributed by atoms with Gasteiger partial charge in [0.2, 0.25) is 5.91 Å². The van der Waals surface area contributed by atoms with Crippen molar-refractivity contribution in [3.8, 4) is 0 Å². The number of nitrogens with zero attached hydrogens (tertiary/aromatic N) is 1. The number of nitro groups is 1. The number of para-hydroxylation sites is 1. The predicted octanol–water partition coefficient (Wildman–Crippen LogP) is 3.07. The van der Waals surface area contributed by atoms with E-state index in [4.69, 9.17) is 0 Å². The number of rotatable bonds is 2. The van der Waals surface area contributed by atoms with E-state index in [0.29, 0.717) is 17.5 Å². The lowest BCUT2D eigenvalue weighted by Crippen LogP contribution is -2.22. The molecule has 1 aromatic rings. The van der Waals surface area contributed by atoms with Crippen LogP contribution in [0.1, 0.15) is 37.7 Å². The van der Waals surface area contributed by atoms with Crippen molar-refractivity contribution >= 4 is 17.3 Å². The first kappa shape index (κ1) is 12.1. The van der Waals surface area contributed by atoms with Gasteiger partial charge in [-0.05, 0) is 23.8 Å². The monoisotopic (exact) mass is 260 g/mol. The quantitative estimate of drug-likeness (QED) is 0.656. The van der Waals surface area contributed by atoms with Crippen LogP contribution in [0.15, 0.2) is 18.2 Å². The van der Waals surface area contributed by atoms with E-state index in [1.807, 2.05) is 6.07 Å². The molecule has 1 saturated carbocycles. The van der Waals surface area contributed by atoms with Crippen molar-refractivity contribution in [3.63, 3.8) is 0 Å². The van der Waals surface area contributed by atoms with Crippen molar-refractivity contribution < 1.29 is 9.72 Å². The predicted molar refractivity (Wildman–Crippen MR) is 71.0 cm³/mol. The largest absolute Gasteiger partial charge is 0.320 e. The number of nitrogens with one attached hydrogen (secondary N) is 1. The van der Waals surface area contributed by atoms with Gasteiger partial charge >= 0.3 is 0 Å². The van der Waals surface area contributed by atoms with Crippen LogP contribution in [0.2, 0.25) is 0 Å². The standard InChI is InChI=1S/C14H16N2O3/c1-8-4-2-5-9(8)12-10-6-3-7-11(16(18)19)13(10)15-14(12)17/h3,6-9,12H,2,4-5H2,1H3,(H,15,17). The van der Waals surface area contributed by atoms with Crippen molar-refractivity contribution in [2.45, 2.75) is 32.1 Å². The highest BCUT2D eigenvalue weighted by Gasteiger charge is 2.43. The highest BCUT2D eigenvalue weighted by Crippen LogP contribution is 2.48. The zero-order valence-corrected chi connectivity index (χ0v) is 10.8. The van der Waals surface area contributed by atoms with Gasteiger partial charge in [-0.2, -0.15) is 0 Å². The maximum atomic E-state index is 12.2. The SMILES string of the molecule is CC1CCCC1C1C(=O)Nc2c1cccc2[N+](=O)[O-]. The molecule has 3 rings (SSSR count). The Bertz CT molecular complexity index is 556. The number of hydrogen-bond acceptors (Lipinski definition) is 3. The minimum Gasteiger partial charge on any atom is -0.320 e.